The first-order valence-corrected chi connectivity index (χ1v) is 10.3. The van der Waals surface area contributed by atoms with Gasteiger partial charge in [0.2, 0.25) is 11.8 Å². The molecule has 148 valence electrons. The topological polar surface area (TPSA) is 51.0 Å². The zero-order valence-corrected chi connectivity index (χ0v) is 17.2. The van der Waals surface area contributed by atoms with Crippen LogP contribution in [0, 0.1) is 5.92 Å². The van der Waals surface area contributed by atoms with Gasteiger partial charge in [0, 0.05) is 6.04 Å². The molecule has 0 fully saturated rings. The van der Waals surface area contributed by atoms with Crippen LogP contribution in [-0.2, 0) is 19.4 Å². The summed E-state index contributed by atoms with van der Waals surface area (Å²) in [7, 11) is 0. The van der Waals surface area contributed by atoms with Crippen LogP contribution in [0.25, 0.3) is 0 Å². The molecule has 1 heterocycles. The molecule has 4 nitrogen and oxygen atoms in total. The minimum atomic E-state index is 0.254. The van der Waals surface area contributed by atoms with Gasteiger partial charge in [-0.2, -0.15) is 0 Å². The lowest BCUT2D eigenvalue weighted by Crippen LogP contribution is -2.25. The number of benzene rings is 2. The second-order valence-electron chi connectivity index (χ2n) is 7.70. The minimum absolute atomic E-state index is 0.254. The van der Waals surface area contributed by atoms with Gasteiger partial charge in [0.1, 0.15) is 0 Å². The highest BCUT2D eigenvalue weighted by Gasteiger charge is 2.17. The highest BCUT2D eigenvalue weighted by atomic mass is 16.4. The third-order valence-corrected chi connectivity index (χ3v) is 5.00. The smallest absolute Gasteiger partial charge is 0.230 e. The molecule has 0 radical (unpaired) electrons. The van der Waals surface area contributed by atoms with E-state index < -0.39 is 0 Å². The lowest BCUT2D eigenvalue weighted by Gasteiger charge is -2.22. The summed E-state index contributed by atoms with van der Waals surface area (Å²) in [5.74, 6) is 1.76. The predicted octanol–water partition coefficient (Wildman–Crippen LogP) is 5.49. The van der Waals surface area contributed by atoms with Crippen LogP contribution < -0.4 is 5.32 Å². The molecule has 3 aromatic rings. The van der Waals surface area contributed by atoms with Gasteiger partial charge in [0.15, 0.2) is 0 Å². The number of nitrogens with one attached hydrogen (secondary N) is 1. The second kappa shape index (κ2) is 10.2. The molecule has 0 bridgehead atoms. The van der Waals surface area contributed by atoms with Gasteiger partial charge >= 0.3 is 0 Å². The van der Waals surface area contributed by atoms with Crippen molar-refractivity contribution in [2.24, 2.45) is 5.92 Å². The Labute approximate surface area is 168 Å². The van der Waals surface area contributed by atoms with Crippen LogP contribution in [0.3, 0.4) is 0 Å². The Morgan fingerprint density at radius 1 is 0.893 bits per heavy atom. The van der Waals surface area contributed by atoms with E-state index in [4.69, 9.17) is 4.42 Å². The van der Waals surface area contributed by atoms with Crippen LogP contribution in [0.4, 0.5) is 0 Å². The molecule has 0 spiro atoms. The van der Waals surface area contributed by atoms with Gasteiger partial charge in [-0.3, -0.25) is 0 Å². The Morgan fingerprint density at radius 2 is 1.61 bits per heavy atom. The largest absolute Gasteiger partial charge is 0.424 e. The van der Waals surface area contributed by atoms with Crippen molar-refractivity contribution < 1.29 is 4.42 Å². The number of hydrogen-bond donors (Lipinski definition) is 1. The van der Waals surface area contributed by atoms with Crippen LogP contribution in [0.2, 0.25) is 0 Å². The van der Waals surface area contributed by atoms with Crippen LogP contribution in [-0.4, -0.2) is 10.2 Å². The number of nitrogens with zero attached hydrogens (tertiary/aromatic N) is 2. The van der Waals surface area contributed by atoms with Crippen molar-refractivity contribution in [3.63, 3.8) is 0 Å². The molecule has 0 saturated heterocycles. The van der Waals surface area contributed by atoms with E-state index in [1.54, 1.807) is 0 Å². The molecule has 0 aliphatic rings. The fraction of sp³-hybridized carbons (Fsp3) is 0.417. The minimum Gasteiger partial charge on any atom is -0.424 e. The summed E-state index contributed by atoms with van der Waals surface area (Å²) in [6.45, 7) is 7.27. The van der Waals surface area contributed by atoms with E-state index in [1.165, 1.54) is 29.5 Å². The Bertz CT molecular complexity index is 825. The number of unbranched alkanes of at least 4 members (excludes halogenated alkanes) is 1. The number of rotatable bonds is 10. The average molecular weight is 378 g/mol. The monoisotopic (exact) mass is 377 g/mol. The van der Waals surface area contributed by atoms with Crippen molar-refractivity contribution in [2.45, 2.75) is 59.0 Å². The van der Waals surface area contributed by atoms with Gasteiger partial charge in [0.25, 0.3) is 0 Å². The third-order valence-electron chi connectivity index (χ3n) is 5.00. The van der Waals surface area contributed by atoms with E-state index in [0.717, 1.165) is 6.42 Å². The maximum atomic E-state index is 5.83. The highest BCUT2D eigenvalue weighted by molar-refractivity contribution is 5.25. The van der Waals surface area contributed by atoms with E-state index in [1.807, 2.05) is 18.2 Å². The van der Waals surface area contributed by atoms with E-state index in [-0.39, 0.29) is 6.04 Å². The quantitative estimate of drug-likeness (QED) is 0.507. The van der Waals surface area contributed by atoms with Crippen molar-refractivity contribution in [2.75, 3.05) is 0 Å². The maximum absolute atomic E-state index is 5.83. The zero-order valence-electron chi connectivity index (χ0n) is 17.2. The molecule has 0 amide bonds. The van der Waals surface area contributed by atoms with E-state index in [2.05, 4.69) is 72.7 Å². The van der Waals surface area contributed by atoms with E-state index in [0.29, 0.717) is 30.7 Å². The summed E-state index contributed by atoms with van der Waals surface area (Å²) in [4.78, 5) is 0. The normalized spacial score (nSPS) is 12.4. The molecule has 28 heavy (non-hydrogen) atoms. The van der Waals surface area contributed by atoms with E-state index >= 15 is 0 Å². The maximum Gasteiger partial charge on any atom is 0.230 e. The van der Waals surface area contributed by atoms with Gasteiger partial charge in [-0.1, -0.05) is 81.8 Å². The van der Waals surface area contributed by atoms with Crippen molar-refractivity contribution in [1.29, 1.82) is 0 Å². The molecule has 0 aliphatic carbocycles. The first-order chi connectivity index (χ1) is 13.7. The van der Waals surface area contributed by atoms with Gasteiger partial charge in [-0.25, -0.2) is 0 Å². The molecule has 0 saturated carbocycles. The summed E-state index contributed by atoms with van der Waals surface area (Å²) >= 11 is 0. The molecule has 4 heteroatoms. The molecule has 1 aromatic heterocycles. The van der Waals surface area contributed by atoms with Crippen LogP contribution >= 0.6 is 0 Å². The highest BCUT2D eigenvalue weighted by Crippen LogP contribution is 2.23. The Morgan fingerprint density at radius 3 is 2.29 bits per heavy atom. The van der Waals surface area contributed by atoms with Crippen LogP contribution in [0.5, 0.6) is 0 Å². The standard InChI is InChI=1S/C24H31N3O/c1-4-5-9-19-12-14-21(15-13-19)24(18(2)3)25-17-23-27-26-22(28-23)16-20-10-7-6-8-11-20/h6-8,10-15,18,24-25H,4-5,9,16-17H2,1-3H3. The van der Waals surface area contributed by atoms with Gasteiger partial charge in [-0.15, -0.1) is 10.2 Å². The van der Waals surface area contributed by atoms with Crippen LogP contribution in [0.1, 0.15) is 68.1 Å². The molecular weight excluding hydrogens is 346 g/mol. The number of hydrogen-bond acceptors (Lipinski definition) is 4. The molecule has 1 unspecified atom stereocenters. The Kier molecular flexibility index (Phi) is 7.38. The van der Waals surface area contributed by atoms with Crippen molar-refractivity contribution >= 4 is 0 Å². The molecular formula is C24H31N3O. The fourth-order valence-corrected chi connectivity index (χ4v) is 3.41. The summed E-state index contributed by atoms with van der Waals surface area (Å²) in [5.41, 5.74) is 3.89. The van der Waals surface area contributed by atoms with Crippen molar-refractivity contribution in [1.82, 2.24) is 15.5 Å². The SMILES string of the molecule is CCCCc1ccc(C(NCc2nnc(Cc3ccccc3)o2)C(C)C)cc1. The fourth-order valence-electron chi connectivity index (χ4n) is 3.41. The predicted molar refractivity (Wildman–Crippen MR) is 113 cm³/mol. The van der Waals surface area contributed by atoms with Crippen LogP contribution in [0.15, 0.2) is 59.0 Å². The van der Waals surface area contributed by atoms with Gasteiger partial charge in [-0.05, 0) is 35.4 Å². The number of aromatic nitrogens is 2. The molecule has 1 atom stereocenters. The second-order valence-corrected chi connectivity index (χ2v) is 7.70. The average Bonchev–Trinajstić information content (AvgIpc) is 3.15. The third kappa shape index (κ3) is 5.77. The van der Waals surface area contributed by atoms with Gasteiger partial charge < -0.3 is 9.73 Å². The molecule has 1 N–H and O–H groups in total. The Balaban J connectivity index is 1.59. The first-order valence-electron chi connectivity index (χ1n) is 10.3. The van der Waals surface area contributed by atoms with Gasteiger partial charge in [0.05, 0.1) is 13.0 Å². The van der Waals surface area contributed by atoms with Crippen molar-refractivity contribution in [3.8, 4) is 0 Å². The summed E-state index contributed by atoms with van der Waals surface area (Å²) < 4.78 is 5.83. The summed E-state index contributed by atoms with van der Waals surface area (Å²) in [6.07, 6.45) is 4.30. The zero-order chi connectivity index (χ0) is 19.8. The van der Waals surface area contributed by atoms with E-state index in [9.17, 15) is 0 Å². The Hall–Kier alpha value is -2.46. The first kappa shape index (κ1) is 20.3. The van der Waals surface area contributed by atoms with Crippen molar-refractivity contribution in [3.05, 3.63) is 83.1 Å². The lowest BCUT2D eigenvalue weighted by atomic mass is 9.94. The number of aryl methyl sites for hydroxylation is 1. The summed E-state index contributed by atoms with van der Waals surface area (Å²) in [6, 6.07) is 19.5. The molecule has 0 aliphatic heterocycles. The lowest BCUT2D eigenvalue weighted by molar-refractivity contribution is 0.371. The molecule has 2 aromatic carbocycles. The summed E-state index contributed by atoms with van der Waals surface area (Å²) in [5, 5.41) is 12.0. The molecule has 3 rings (SSSR count).